The van der Waals surface area contributed by atoms with Crippen molar-refractivity contribution in [2.75, 3.05) is 13.2 Å². The van der Waals surface area contributed by atoms with Crippen molar-refractivity contribution < 1.29 is 23.5 Å². The highest BCUT2D eigenvalue weighted by Crippen LogP contribution is 2.55. The monoisotopic (exact) mass is 248 g/mol. The van der Waals surface area contributed by atoms with Crippen molar-refractivity contribution in [1.29, 1.82) is 0 Å². The molecule has 0 aromatic rings. The van der Waals surface area contributed by atoms with E-state index in [4.69, 9.17) is 20.6 Å². The summed E-state index contributed by atoms with van der Waals surface area (Å²) in [6, 6.07) is 0. The lowest BCUT2D eigenvalue weighted by Crippen LogP contribution is -2.29. The van der Waals surface area contributed by atoms with Gasteiger partial charge in [-0.2, -0.15) is 0 Å². The van der Waals surface area contributed by atoms with Crippen molar-refractivity contribution in [1.82, 2.24) is 0 Å². The van der Waals surface area contributed by atoms with Crippen LogP contribution in [0.2, 0.25) is 0 Å². The average molecular weight is 248 g/mol. The minimum absolute atomic E-state index is 0.109. The van der Waals surface area contributed by atoms with Gasteiger partial charge in [0.2, 0.25) is 0 Å². The van der Waals surface area contributed by atoms with Crippen molar-refractivity contribution in [2.45, 2.75) is 26.4 Å². The summed E-state index contributed by atoms with van der Waals surface area (Å²) >= 11 is 0. The van der Waals surface area contributed by atoms with E-state index in [0.717, 1.165) is 0 Å². The lowest BCUT2D eigenvalue weighted by molar-refractivity contribution is -0.137. The molecule has 6 heteroatoms. The van der Waals surface area contributed by atoms with Crippen LogP contribution in [0, 0.1) is 18.3 Å². The number of aliphatic carboxylic acids is 1. The molecule has 2 atom stereocenters. The fourth-order valence-corrected chi connectivity index (χ4v) is 3.29. The van der Waals surface area contributed by atoms with Gasteiger partial charge in [0, 0.05) is 5.92 Å². The molecule has 16 heavy (non-hydrogen) atoms. The number of rotatable bonds is 7. The van der Waals surface area contributed by atoms with E-state index in [-0.39, 0.29) is 13.2 Å². The molecule has 0 bridgehead atoms. The van der Waals surface area contributed by atoms with Gasteiger partial charge in [-0.05, 0) is 20.8 Å². The largest absolute Gasteiger partial charge is 0.481 e. The van der Waals surface area contributed by atoms with E-state index in [1.165, 1.54) is 6.92 Å². The summed E-state index contributed by atoms with van der Waals surface area (Å²) in [6.07, 6.45) is 5.15. The Morgan fingerprint density at radius 1 is 1.44 bits per heavy atom. The molecule has 0 aliphatic carbocycles. The molecular weight excluding hydrogens is 231 g/mol. The molecule has 0 aliphatic rings. The summed E-state index contributed by atoms with van der Waals surface area (Å²) in [5, 5.41) is 9.04. The Hall–Kier alpha value is -0.820. The van der Waals surface area contributed by atoms with Gasteiger partial charge in [0.1, 0.15) is 0 Å². The zero-order chi connectivity index (χ0) is 12.8. The van der Waals surface area contributed by atoms with E-state index in [2.05, 4.69) is 5.92 Å². The van der Waals surface area contributed by atoms with Crippen molar-refractivity contribution in [3.8, 4) is 12.3 Å². The van der Waals surface area contributed by atoms with Crippen LogP contribution in [-0.2, 0) is 18.4 Å². The molecular formula is C10H17O5P. The van der Waals surface area contributed by atoms with Gasteiger partial charge in [0.05, 0.1) is 13.2 Å². The maximum atomic E-state index is 12.2. The number of carboxylic acids is 1. The molecule has 0 fully saturated rings. The fraction of sp³-hybridized carbons (Fsp3) is 0.700. The quantitative estimate of drug-likeness (QED) is 0.551. The molecule has 0 aromatic heterocycles. The van der Waals surface area contributed by atoms with Crippen molar-refractivity contribution in [2.24, 2.45) is 5.92 Å². The Morgan fingerprint density at radius 3 is 2.12 bits per heavy atom. The van der Waals surface area contributed by atoms with Crippen LogP contribution in [0.3, 0.4) is 0 Å². The zero-order valence-electron chi connectivity index (χ0n) is 9.67. The predicted octanol–water partition coefficient (Wildman–Crippen LogP) is 1.97. The van der Waals surface area contributed by atoms with Crippen LogP contribution in [0.4, 0.5) is 0 Å². The molecule has 92 valence electrons. The smallest absolute Gasteiger partial charge is 0.346 e. The van der Waals surface area contributed by atoms with E-state index in [1.54, 1.807) is 13.8 Å². The molecule has 2 unspecified atom stereocenters. The lowest BCUT2D eigenvalue weighted by atomic mass is 10.1. The molecule has 0 aliphatic heterocycles. The molecule has 0 heterocycles. The maximum Gasteiger partial charge on any atom is 0.346 e. The summed E-state index contributed by atoms with van der Waals surface area (Å²) in [4.78, 5) is 11.1. The highest BCUT2D eigenvalue weighted by Gasteiger charge is 2.44. The Labute approximate surface area is 95.7 Å². The predicted molar refractivity (Wildman–Crippen MR) is 60.3 cm³/mol. The first kappa shape index (κ1) is 15.2. The van der Waals surface area contributed by atoms with Crippen LogP contribution in [-0.4, -0.2) is 29.9 Å². The minimum atomic E-state index is -3.70. The number of hydrogen-bond donors (Lipinski definition) is 1. The summed E-state index contributed by atoms with van der Waals surface area (Å²) < 4.78 is 22.2. The van der Waals surface area contributed by atoms with E-state index in [9.17, 15) is 9.36 Å². The number of hydrogen-bond acceptors (Lipinski definition) is 4. The molecule has 0 radical (unpaired) electrons. The van der Waals surface area contributed by atoms with Crippen LogP contribution in [0.15, 0.2) is 0 Å². The van der Waals surface area contributed by atoms with Gasteiger partial charge in [0.25, 0.3) is 0 Å². The lowest BCUT2D eigenvalue weighted by Gasteiger charge is -2.25. The maximum absolute atomic E-state index is 12.2. The van der Waals surface area contributed by atoms with Gasteiger partial charge in [0.15, 0.2) is 5.66 Å². The Bertz CT molecular complexity index is 310. The Morgan fingerprint density at radius 2 is 1.88 bits per heavy atom. The molecule has 0 saturated carbocycles. The standard InChI is InChI=1S/C10H17O5P/c1-5-8(4)9(10(11)12)16(13,14-6-2)15-7-3/h1,8-9H,6-7H2,2-4H3,(H,11,12). The van der Waals surface area contributed by atoms with E-state index in [0.29, 0.717) is 0 Å². The van der Waals surface area contributed by atoms with Gasteiger partial charge in [-0.1, -0.05) is 0 Å². The SMILES string of the molecule is C#CC(C)C(C(=O)O)P(=O)(OCC)OCC. The molecule has 0 spiro atoms. The second kappa shape index (κ2) is 6.70. The van der Waals surface area contributed by atoms with Crippen molar-refractivity contribution >= 4 is 13.6 Å². The van der Waals surface area contributed by atoms with Crippen LogP contribution < -0.4 is 0 Å². The molecule has 0 amide bonds. The molecule has 0 aromatic carbocycles. The zero-order valence-corrected chi connectivity index (χ0v) is 10.6. The van der Waals surface area contributed by atoms with Gasteiger partial charge in [-0.3, -0.25) is 9.36 Å². The third-order valence-electron chi connectivity index (χ3n) is 1.95. The Balaban J connectivity index is 5.19. The van der Waals surface area contributed by atoms with E-state index < -0.39 is 25.1 Å². The third-order valence-corrected chi connectivity index (χ3v) is 4.53. The van der Waals surface area contributed by atoms with Gasteiger partial charge < -0.3 is 14.2 Å². The fourth-order valence-electron chi connectivity index (χ4n) is 1.27. The molecule has 5 nitrogen and oxygen atoms in total. The van der Waals surface area contributed by atoms with Crippen LogP contribution >= 0.6 is 7.60 Å². The average Bonchev–Trinajstić information content (AvgIpc) is 2.17. The number of carboxylic acid groups (broad SMARTS) is 1. The topological polar surface area (TPSA) is 72.8 Å². The minimum Gasteiger partial charge on any atom is -0.481 e. The summed E-state index contributed by atoms with van der Waals surface area (Å²) in [6.45, 7) is 4.95. The number of terminal acetylenes is 1. The van der Waals surface area contributed by atoms with Gasteiger partial charge in [-0.15, -0.1) is 12.3 Å². The van der Waals surface area contributed by atoms with Gasteiger partial charge in [-0.25, -0.2) is 0 Å². The Kier molecular flexibility index (Phi) is 6.35. The summed E-state index contributed by atoms with van der Waals surface area (Å²) in [5.41, 5.74) is -1.32. The second-order valence-electron chi connectivity index (χ2n) is 3.11. The highest BCUT2D eigenvalue weighted by molar-refractivity contribution is 7.55. The number of carbonyl (C=O) groups is 1. The van der Waals surface area contributed by atoms with E-state index in [1.807, 2.05) is 0 Å². The third kappa shape index (κ3) is 3.64. The molecule has 1 N–H and O–H groups in total. The normalized spacial score (nSPS) is 15.1. The summed E-state index contributed by atoms with van der Waals surface area (Å²) in [5.74, 6) is 0.267. The van der Waals surface area contributed by atoms with E-state index >= 15 is 0 Å². The second-order valence-corrected chi connectivity index (χ2v) is 5.27. The summed E-state index contributed by atoms with van der Waals surface area (Å²) in [7, 11) is -3.70. The first-order valence-electron chi connectivity index (χ1n) is 5.00. The van der Waals surface area contributed by atoms with Crippen molar-refractivity contribution in [3.05, 3.63) is 0 Å². The van der Waals surface area contributed by atoms with Crippen LogP contribution in [0.1, 0.15) is 20.8 Å². The first-order valence-corrected chi connectivity index (χ1v) is 6.61. The van der Waals surface area contributed by atoms with Crippen LogP contribution in [0.25, 0.3) is 0 Å². The van der Waals surface area contributed by atoms with Gasteiger partial charge >= 0.3 is 13.6 Å². The van der Waals surface area contributed by atoms with Crippen LogP contribution in [0.5, 0.6) is 0 Å². The molecule has 0 rings (SSSR count). The van der Waals surface area contributed by atoms with Crippen molar-refractivity contribution in [3.63, 3.8) is 0 Å². The first-order chi connectivity index (χ1) is 7.42. The molecule has 0 saturated heterocycles. The highest BCUT2D eigenvalue weighted by atomic mass is 31.2.